The van der Waals surface area contributed by atoms with E-state index in [9.17, 15) is 9.90 Å². The SMILES string of the molecule is O=c1cc2c(nn1C1CCC(NCC3(O)CCC3)CC1)CCC2. The molecule has 0 aliphatic heterocycles. The number of aromatic nitrogens is 2. The number of fused-ring (bicyclic) bond motifs is 1. The molecule has 0 aromatic carbocycles. The van der Waals surface area contributed by atoms with E-state index in [0.717, 1.165) is 82.0 Å². The molecule has 1 heterocycles. The topological polar surface area (TPSA) is 67.2 Å². The highest BCUT2D eigenvalue weighted by Gasteiger charge is 2.35. The molecule has 3 aliphatic carbocycles. The maximum Gasteiger partial charge on any atom is 0.267 e. The van der Waals surface area contributed by atoms with Gasteiger partial charge < -0.3 is 10.4 Å². The molecule has 0 saturated heterocycles. The first kappa shape index (κ1) is 15.3. The van der Waals surface area contributed by atoms with Crippen molar-refractivity contribution in [1.82, 2.24) is 15.1 Å². The molecule has 5 heteroatoms. The third-order valence-electron chi connectivity index (χ3n) is 6.03. The minimum absolute atomic E-state index is 0.0749. The Morgan fingerprint density at radius 3 is 2.70 bits per heavy atom. The second-order valence-corrected chi connectivity index (χ2v) is 7.72. The molecule has 0 amide bonds. The highest BCUT2D eigenvalue weighted by atomic mass is 16.3. The van der Waals surface area contributed by atoms with Gasteiger partial charge in [0.25, 0.3) is 5.56 Å². The quantitative estimate of drug-likeness (QED) is 0.887. The molecule has 0 atom stereocenters. The number of hydrogen-bond acceptors (Lipinski definition) is 4. The highest BCUT2D eigenvalue weighted by Crippen LogP contribution is 2.32. The number of rotatable bonds is 4. The largest absolute Gasteiger partial charge is 0.389 e. The van der Waals surface area contributed by atoms with Gasteiger partial charge in [-0.05, 0) is 69.8 Å². The van der Waals surface area contributed by atoms with Crippen molar-refractivity contribution in [2.45, 2.75) is 81.9 Å². The summed E-state index contributed by atoms with van der Waals surface area (Å²) in [5, 5.41) is 18.4. The van der Waals surface area contributed by atoms with Crippen LogP contribution in [0.3, 0.4) is 0 Å². The van der Waals surface area contributed by atoms with Crippen LogP contribution in [0.2, 0.25) is 0 Å². The van der Waals surface area contributed by atoms with Gasteiger partial charge >= 0.3 is 0 Å². The fourth-order valence-electron chi connectivity index (χ4n) is 4.30. The molecule has 0 unspecified atom stereocenters. The molecule has 2 fully saturated rings. The third kappa shape index (κ3) is 3.09. The molecule has 126 valence electrons. The minimum atomic E-state index is -0.449. The molecule has 3 aliphatic rings. The first-order valence-corrected chi connectivity index (χ1v) is 9.20. The monoisotopic (exact) mass is 317 g/mol. The van der Waals surface area contributed by atoms with Crippen molar-refractivity contribution in [1.29, 1.82) is 0 Å². The predicted molar refractivity (Wildman–Crippen MR) is 88.6 cm³/mol. The number of nitrogens with one attached hydrogen (secondary N) is 1. The first-order valence-electron chi connectivity index (χ1n) is 9.20. The summed E-state index contributed by atoms with van der Waals surface area (Å²) in [5.74, 6) is 0. The molecule has 23 heavy (non-hydrogen) atoms. The van der Waals surface area contributed by atoms with E-state index in [0.29, 0.717) is 6.04 Å². The van der Waals surface area contributed by atoms with Crippen LogP contribution in [0.5, 0.6) is 0 Å². The van der Waals surface area contributed by atoms with Crippen LogP contribution in [-0.2, 0) is 12.8 Å². The summed E-state index contributed by atoms with van der Waals surface area (Å²) < 4.78 is 1.75. The predicted octanol–water partition coefficient (Wildman–Crippen LogP) is 1.72. The molecule has 0 radical (unpaired) electrons. The van der Waals surface area contributed by atoms with Crippen LogP contribution in [0.15, 0.2) is 10.9 Å². The number of aliphatic hydroxyl groups is 1. The Morgan fingerprint density at radius 1 is 1.22 bits per heavy atom. The van der Waals surface area contributed by atoms with E-state index in [1.54, 1.807) is 4.68 Å². The summed E-state index contributed by atoms with van der Waals surface area (Å²) in [5.41, 5.74) is 1.92. The van der Waals surface area contributed by atoms with Gasteiger partial charge in [0, 0.05) is 18.7 Å². The van der Waals surface area contributed by atoms with E-state index in [2.05, 4.69) is 10.4 Å². The zero-order chi connectivity index (χ0) is 15.9. The Bertz CT molecular complexity index is 628. The van der Waals surface area contributed by atoms with Gasteiger partial charge in [-0.25, -0.2) is 4.68 Å². The maximum absolute atomic E-state index is 12.3. The lowest BCUT2D eigenvalue weighted by Crippen LogP contribution is -2.49. The molecule has 0 bridgehead atoms. The van der Waals surface area contributed by atoms with Crippen molar-refractivity contribution in [3.63, 3.8) is 0 Å². The zero-order valence-electron chi connectivity index (χ0n) is 13.8. The molecule has 4 rings (SSSR count). The van der Waals surface area contributed by atoms with E-state index >= 15 is 0 Å². The van der Waals surface area contributed by atoms with Gasteiger partial charge in [-0.1, -0.05) is 0 Å². The van der Waals surface area contributed by atoms with Crippen LogP contribution in [-0.4, -0.2) is 33.1 Å². The summed E-state index contributed by atoms with van der Waals surface area (Å²) in [6.07, 6.45) is 10.3. The molecule has 5 nitrogen and oxygen atoms in total. The number of nitrogens with zero attached hydrogens (tertiary/aromatic N) is 2. The van der Waals surface area contributed by atoms with Crippen LogP contribution in [0, 0.1) is 0 Å². The van der Waals surface area contributed by atoms with E-state index in [1.165, 1.54) is 0 Å². The summed E-state index contributed by atoms with van der Waals surface area (Å²) >= 11 is 0. The lowest BCUT2D eigenvalue weighted by atomic mass is 9.80. The van der Waals surface area contributed by atoms with E-state index in [1.807, 2.05) is 6.07 Å². The summed E-state index contributed by atoms with van der Waals surface area (Å²) in [6, 6.07) is 2.53. The maximum atomic E-state index is 12.3. The van der Waals surface area contributed by atoms with Crippen LogP contribution < -0.4 is 10.9 Å². The molecule has 1 aromatic heterocycles. The van der Waals surface area contributed by atoms with E-state index in [4.69, 9.17) is 0 Å². The van der Waals surface area contributed by atoms with Gasteiger partial charge in [0.05, 0.1) is 17.3 Å². The third-order valence-corrected chi connectivity index (χ3v) is 6.03. The lowest BCUT2D eigenvalue weighted by molar-refractivity contribution is -0.0342. The zero-order valence-corrected chi connectivity index (χ0v) is 13.8. The van der Waals surface area contributed by atoms with Crippen molar-refractivity contribution < 1.29 is 5.11 Å². The summed E-state index contributed by atoms with van der Waals surface area (Å²) in [4.78, 5) is 12.3. The summed E-state index contributed by atoms with van der Waals surface area (Å²) in [6.45, 7) is 0.722. The molecule has 2 N–H and O–H groups in total. The molecule has 0 spiro atoms. The van der Waals surface area contributed by atoms with Crippen molar-refractivity contribution >= 4 is 0 Å². The Hall–Kier alpha value is -1.20. The van der Waals surface area contributed by atoms with Gasteiger partial charge in [0.15, 0.2) is 0 Å². The smallest absolute Gasteiger partial charge is 0.267 e. The van der Waals surface area contributed by atoms with Crippen molar-refractivity contribution in [3.8, 4) is 0 Å². The van der Waals surface area contributed by atoms with Crippen molar-refractivity contribution in [2.75, 3.05) is 6.54 Å². The second-order valence-electron chi connectivity index (χ2n) is 7.72. The van der Waals surface area contributed by atoms with E-state index < -0.39 is 5.60 Å². The average molecular weight is 317 g/mol. The Morgan fingerprint density at radius 2 is 2.00 bits per heavy atom. The fourth-order valence-corrected chi connectivity index (χ4v) is 4.30. The fraction of sp³-hybridized carbons (Fsp3) is 0.778. The Balaban J connectivity index is 1.35. The van der Waals surface area contributed by atoms with Crippen LogP contribution in [0.1, 0.15) is 68.7 Å². The summed E-state index contributed by atoms with van der Waals surface area (Å²) in [7, 11) is 0. The molecular formula is C18H27N3O2. The average Bonchev–Trinajstić information content (AvgIpc) is 2.98. The van der Waals surface area contributed by atoms with Crippen molar-refractivity contribution in [3.05, 3.63) is 27.7 Å². The minimum Gasteiger partial charge on any atom is -0.389 e. The standard InChI is InChI=1S/C18H27N3O2/c22-17-11-13-3-1-4-16(13)20-21(17)15-7-5-14(6-8-15)19-12-18(23)9-2-10-18/h11,14-15,19,23H,1-10,12H2. The number of hydrogen-bond donors (Lipinski definition) is 2. The van der Waals surface area contributed by atoms with E-state index in [-0.39, 0.29) is 11.6 Å². The van der Waals surface area contributed by atoms with Gasteiger partial charge in [-0.2, -0.15) is 5.10 Å². The lowest BCUT2D eigenvalue weighted by Gasteiger charge is -2.39. The van der Waals surface area contributed by atoms with Gasteiger partial charge in [-0.3, -0.25) is 4.79 Å². The van der Waals surface area contributed by atoms with Crippen LogP contribution >= 0.6 is 0 Å². The molecule has 1 aromatic rings. The molecular weight excluding hydrogens is 290 g/mol. The highest BCUT2D eigenvalue weighted by molar-refractivity contribution is 5.22. The van der Waals surface area contributed by atoms with Gasteiger partial charge in [-0.15, -0.1) is 0 Å². The van der Waals surface area contributed by atoms with Gasteiger partial charge in [0.2, 0.25) is 0 Å². The van der Waals surface area contributed by atoms with Gasteiger partial charge in [0.1, 0.15) is 0 Å². The molecule has 2 saturated carbocycles. The normalized spacial score (nSPS) is 29.1. The first-order chi connectivity index (χ1) is 11.1. The van der Waals surface area contributed by atoms with Crippen LogP contribution in [0.25, 0.3) is 0 Å². The second kappa shape index (κ2) is 6.02. The Kier molecular flexibility index (Phi) is 4.01. The Labute approximate surface area is 137 Å². The van der Waals surface area contributed by atoms with Crippen LogP contribution in [0.4, 0.5) is 0 Å². The van der Waals surface area contributed by atoms with Crippen molar-refractivity contribution in [2.24, 2.45) is 0 Å². The number of aryl methyl sites for hydroxylation is 2.